The molecular formula is C8H15NO2S. The van der Waals surface area contributed by atoms with E-state index in [1.807, 2.05) is 11.8 Å². The van der Waals surface area contributed by atoms with Crippen LogP contribution in [0.1, 0.15) is 6.92 Å². The number of rotatable bonds is 2. The molecule has 0 radical (unpaired) electrons. The molecule has 1 unspecified atom stereocenters. The zero-order valence-corrected chi connectivity index (χ0v) is 8.39. The van der Waals surface area contributed by atoms with Crippen molar-refractivity contribution in [2.75, 3.05) is 31.7 Å². The van der Waals surface area contributed by atoms with Gasteiger partial charge >= 0.3 is 5.97 Å². The van der Waals surface area contributed by atoms with Gasteiger partial charge in [0.05, 0.1) is 13.7 Å². The minimum Gasteiger partial charge on any atom is -0.468 e. The van der Waals surface area contributed by atoms with Gasteiger partial charge in [-0.05, 0) is 6.92 Å². The molecule has 12 heavy (non-hydrogen) atoms. The minimum atomic E-state index is -0.131. The molecule has 1 saturated heterocycles. The predicted molar refractivity (Wildman–Crippen MR) is 50.4 cm³/mol. The Morgan fingerprint density at radius 3 is 3.08 bits per heavy atom. The molecule has 70 valence electrons. The van der Waals surface area contributed by atoms with Gasteiger partial charge < -0.3 is 4.74 Å². The van der Waals surface area contributed by atoms with Crippen LogP contribution in [0.2, 0.25) is 0 Å². The predicted octanol–water partition coefficient (Wildman–Crippen LogP) is 0.597. The number of esters is 1. The number of nitrogens with zero attached hydrogens (tertiary/aromatic N) is 1. The van der Waals surface area contributed by atoms with Gasteiger partial charge in [0.15, 0.2) is 0 Å². The third-order valence-corrected chi connectivity index (χ3v) is 3.25. The van der Waals surface area contributed by atoms with Crippen molar-refractivity contribution in [2.45, 2.75) is 13.0 Å². The summed E-state index contributed by atoms with van der Waals surface area (Å²) in [7, 11) is 1.44. The van der Waals surface area contributed by atoms with E-state index in [0.29, 0.717) is 12.6 Å². The summed E-state index contributed by atoms with van der Waals surface area (Å²) in [6.45, 7) is 3.59. The second-order valence-corrected chi connectivity index (χ2v) is 4.12. The van der Waals surface area contributed by atoms with Crippen molar-refractivity contribution in [3.8, 4) is 0 Å². The molecule has 0 spiro atoms. The van der Waals surface area contributed by atoms with E-state index in [9.17, 15) is 4.79 Å². The fourth-order valence-electron chi connectivity index (χ4n) is 1.23. The van der Waals surface area contributed by atoms with Gasteiger partial charge in [0.25, 0.3) is 0 Å². The highest BCUT2D eigenvalue weighted by Crippen LogP contribution is 2.15. The van der Waals surface area contributed by atoms with Gasteiger partial charge in [-0.3, -0.25) is 9.69 Å². The first-order valence-electron chi connectivity index (χ1n) is 4.12. The van der Waals surface area contributed by atoms with Gasteiger partial charge in [-0.1, -0.05) is 0 Å². The number of hydrogen-bond donors (Lipinski definition) is 0. The Bertz CT molecular complexity index is 163. The van der Waals surface area contributed by atoms with Crippen LogP contribution < -0.4 is 0 Å². The molecule has 1 aliphatic heterocycles. The number of carbonyl (C=O) groups excluding carboxylic acids is 1. The summed E-state index contributed by atoms with van der Waals surface area (Å²) in [4.78, 5) is 13.1. The van der Waals surface area contributed by atoms with Crippen LogP contribution in [-0.4, -0.2) is 48.6 Å². The summed E-state index contributed by atoms with van der Waals surface area (Å²) in [5.74, 6) is 2.12. The van der Waals surface area contributed by atoms with E-state index in [-0.39, 0.29) is 5.97 Å². The average Bonchev–Trinajstić information content (AvgIpc) is 2.09. The van der Waals surface area contributed by atoms with Crippen molar-refractivity contribution in [2.24, 2.45) is 0 Å². The van der Waals surface area contributed by atoms with Crippen molar-refractivity contribution in [3.63, 3.8) is 0 Å². The monoisotopic (exact) mass is 189 g/mol. The van der Waals surface area contributed by atoms with E-state index >= 15 is 0 Å². The third kappa shape index (κ3) is 2.68. The van der Waals surface area contributed by atoms with Gasteiger partial charge in [-0.15, -0.1) is 0 Å². The van der Waals surface area contributed by atoms with E-state index in [1.165, 1.54) is 7.11 Å². The van der Waals surface area contributed by atoms with E-state index in [0.717, 1.165) is 18.1 Å². The molecule has 0 aromatic carbocycles. The number of ether oxygens (including phenoxy) is 1. The Balaban J connectivity index is 2.33. The summed E-state index contributed by atoms with van der Waals surface area (Å²) < 4.78 is 4.61. The molecule has 0 N–H and O–H groups in total. The lowest BCUT2D eigenvalue weighted by atomic mass is 10.3. The van der Waals surface area contributed by atoms with Crippen molar-refractivity contribution in [1.29, 1.82) is 0 Å². The van der Waals surface area contributed by atoms with Crippen molar-refractivity contribution in [1.82, 2.24) is 4.90 Å². The second kappa shape index (κ2) is 4.72. The molecule has 1 atom stereocenters. The van der Waals surface area contributed by atoms with Gasteiger partial charge in [0.2, 0.25) is 0 Å². The SMILES string of the molecule is COC(=O)CN1CCSCC1C. The lowest BCUT2D eigenvalue weighted by molar-refractivity contribution is -0.142. The van der Waals surface area contributed by atoms with E-state index < -0.39 is 0 Å². The summed E-state index contributed by atoms with van der Waals surface area (Å²) in [5, 5.41) is 0. The molecule has 3 nitrogen and oxygen atoms in total. The molecule has 0 aliphatic carbocycles. The maximum atomic E-state index is 11.0. The van der Waals surface area contributed by atoms with Crippen LogP contribution in [-0.2, 0) is 9.53 Å². The van der Waals surface area contributed by atoms with E-state index in [2.05, 4.69) is 16.6 Å². The van der Waals surface area contributed by atoms with Crippen molar-refractivity contribution >= 4 is 17.7 Å². The summed E-state index contributed by atoms with van der Waals surface area (Å²) >= 11 is 1.95. The highest BCUT2D eigenvalue weighted by molar-refractivity contribution is 7.99. The maximum Gasteiger partial charge on any atom is 0.319 e. The normalized spacial score (nSPS) is 25.3. The lowest BCUT2D eigenvalue weighted by Crippen LogP contribution is -2.43. The molecule has 1 rings (SSSR count). The molecule has 1 fully saturated rings. The molecular weight excluding hydrogens is 174 g/mol. The fraction of sp³-hybridized carbons (Fsp3) is 0.875. The first-order valence-corrected chi connectivity index (χ1v) is 5.28. The Kier molecular flexibility index (Phi) is 3.88. The van der Waals surface area contributed by atoms with Crippen molar-refractivity contribution < 1.29 is 9.53 Å². The quantitative estimate of drug-likeness (QED) is 0.595. The zero-order chi connectivity index (χ0) is 8.97. The van der Waals surface area contributed by atoms with Crippen LogP contribution in [0, 0.1) is 0 Å². The van der Waals surface area contributed by atoms with Crippen molar-refractivity contribution in [3.05, 3.63) is 0 Å². The number of hydrogen-bond acceptors (Lipinski definition) is 4. The zero-order valence-electron chi connectivity index (χ0n) is 7.58. The summed E-state index contributed by atoms with van der Waals surface area (Å²) in [5.41, 5.74) is 0. The van der Waals surface area contributed by atoms with Gasteiger partial charge in [0, 0.05) is 24.1 Å². The van der Waals surface area contributed by atoms with Gasteiger partial charge in [0.1, 0.15) is 0 Å². The van der Waals surface area contributed by atoms with E-state index in [1.54, 1.807) is 0 Å². The Morgan fingerprint density at radius 1 is 1.75 bits per heavy atom. The largest absolute Gasteiger partial charge is 0.468 e. The van der Waals surface area contributed by atoms with Gasteiger partial charge in [-0.25, -0.2) is 0 Å². The molecule has 0 aromatic heterocycles. The van der Waals surface area contributed by atoms with Crippen LogP contribution in [0.3, 0.4) is 0 Å². The average molecular weight is 189 g/mol. The molecule has 0 aromatic rings. The van der Waals surface area contributed by atoms with Gasteiger partial charge in [-0.2, -0.15) is 11.8 Å². The Morgan fingerprint density at radius 2 is 2.50 bits per heavy atom. The fourth-order valence-corrected chi connectivity index (χ4v) is 2.31. The van der Waals surface area contributed by atoms with Crippen LogP contribution in [0.4, 0.5) is 0 Å². The highest BCUT2D eigenvalue weighted by Gasteiger charge is 2.20. The Labute approximate surface area is 77.4 Å². The summed E-state index contributed by atoms with van der Waals surface area (Å²) in [6, 6.07) is 0.503. The topological polar surface area (TPSA) is 29.5 Å². The molecule has 0 bridgehead atoms. The standard InChI is InChI=1S/C8H15NO2S/c1-7-6-12-4-3-9(7)5-8(10)11-2/h7H,3-6H2,1-2H3. The van der Waals surface area contributed by atoms with Crippen LogP contribution in [0.5, 0.6) is 0 Å². The summed E-state index contributed by atoms with van der Waals surface area (Å²) in [6.07, 6.45) is 0. The third-order valence-electron chi connectivity index (χ3n) is 2.07. The molecule has 0 saturated carbocycles. The molecule has 4 heteroatoms. The van der Waals surface area contributed by atoms with Crippen LogP contribution in [0.25, 0.3) is 0 Å². The lowest BCUT2D eigenvalue weighted by Gasteiger charge is -2.31. The molecule has 1 aliphatic rings. The highest BCUT2D eigenvalue weighted by atomic mass is 32.2. The first-order chi connectivity index (χ1) is 5.74. The maximum absolute atomic E-state index is 11.0. The first kappa shape index (κ1) is 9.86. The van der Waals surface area contributed by atoms with Crippen LogP contribution in [0.15, 0.2) is 0 Å². The van der Waals surface area contributed by atoms with Crippen LogP contribution >= 0.6 is 11.8 Å². The molecule has 0 amide bonds. The minimum absolute atomic E-state index is 0.131. The Hall–Kier alpha value is -0.220. The number of methoxy groups -OCH3 is 1. The second-order valence-electron chi connectivity index (χ2n) is 2.97. The van der Waals surface area contributed by atoms with E-state index in [4.69, 9.17) is 0 Å². The smallest absolute Gasteiger partial charge is 0.319 e. The number of thioether (sulfide) groups is 1. The number of carbonyl (C=O) groups is 1. The molecule has 1 heterocycles.